The normalized spacial score (nSPS) is 11.9. The van der Waals surface area contributed by atoms with Crippen LogP contribution in [0.2, 0.25) is 0 Å². The maximum Gasteiger partial charge on any atom is 0.198 e. The molecular formula is C13H13N5O2. The zero-order chi connectivity index (χ0) is 13.9. The quantitative estimate of drug-likeness (QED) is 0.698. The highest BCUT2D eigenvalue weighted by molar-refractivity contribution is 5.67. The third kappa shape index (κ3) is 2.20. The molecule has 0 atom stereocenters. The van der Waals surface area contributed by atoms with Gasteiger partial charge in [-0.15, -0.1) is 0 Å². The molecule has 0 fully saturated rings. The lowest BCUT2D eigenvalue weighted by atomic mass is 10.2. The number of aromatic nitrogens is 4. The van der Waals surface area contributed by atoms with E-state index in [1.165, 1.54) is 12.7 Å². The number of imidazole rings is 1. The summed E-state index contributed by atoms with van der Waals surface area (Å²) in [6, 6.07) is 7.66. The van der Waals surface area contributed by atoms with Gasteiger partial charge in [0.2, 0.25) is 0 Å². The summed E-state index contributed by atoms with van der Waals surface area (Å²) in [6.07, 6.45) is 2.77. The minimum absolute atomic E-state index is 0.397. The lowest BCUT2D eigenvalue weighted by Gasteiger charge is -2.01. The van der Waals surface area contributed by atoms with E-state index in [0.717, 1.165) is 16.0 Å². The van der Waals surface area contributed by atoms with Gasteiger partial charge in [0.05, 0.1) is 20.0 Å². The maximum absolute atomic E-state index is 9.54. The Hall–Kier alpha value is -2.83. The van der Waals surface area contributed by atoms with E-state index in [9.17, 15) is 5.21 Å². The number of methoxy groups -OCH3 is 1. The molecule has 0 aliphatic rings. The number of benzene rings is 1. The summed E-state index contributed by atoms with van der Waals surface area (Å²) in [6.45, 7) is 0.487. The molecule has 0 aliphatic heterocycles. The zero-order valence-electron chi connectivity index (χ0n) is 10.8. The Labute approximate surface area is 114 Å². The van der Waals surface area contributed by atoms with E-state index in [-0.39, 0.29) is 0 Å². The van der Waals surface area contributed by atoms with E-state index in [4.69, 9.17) is 4.74 Å². The Morgan fingerprint density at radius 2 is 2.10 bits per heavy atom. The Balaban J connectivity index is 1.94. The monoisotopic (exact) mass is 271 g/mol. The van der Waals surface area contributed by atoms with Crippen molar-refractivity contribution < 1.29 is 9.94 Å². The number of fused-ring (bicyclic) bond motifs is 1. The van der Waals surface area contributed by atoms with Crippen molar-refractivity contribution in [2.75, 3.05) is 7.11 Å². The summed E-state index contributed by atoms with van der Waals surface area (Å²) in [4.78, 5) is 15.4. The van der Waals surface area contributed by atoms with Gasteiger partial charge in [-0.2, -0.15) is 4.73 Å². The van der Waals surface area contributed by atoms with Crippen LogP contribution in [-0.2, 0) is 6.54 Å². The lowest BCUT2D eigenvalue weighted by molar-refractivity contribution is 0.192. The standard InChI is InChI=1S/C13H13N5O2/c1-20-10-4-2-9(3-5-10)6-14-12-11-13(16-7-15-11)18(19)8-17-12/h2-5,7-8,19H,6H2,1H3,(H,15,16). The van der Waals surface area contributed by atoms with Gasteiger partial charge in [0.1, 0.15) is 17.6 Å². The number of hydrogen-bond donors (Lipinski definition) is 2. The highest BCUT2D eigenvalue weighted by Crippen LogP contribution is 2.11. The van der Waals surface area contributed by atoms with Crippen LogP contribution in [0.3, 0.4) is 0 Å². The Kier molecular flexibility index (Phi) is 3.08. The second-order valence-electron chi connectivity index (χ2n) is 4.18. The fraction of sp³-hybridized carbons (Fsp3) is 0.154. The summed E-state index contributed by atoms with van der Waals surface area (Å²) >= 11 is 0. The molecule has 2 aromatic heterocycles. The Morgan fingerprint density at radius 1 is 1.30 bits per heavy atom. The van der Waals surface area contributed by atoms with Crippen LogP contribution in [0.4, 0.5) is 0 Å². The fourth-order valence-corrected chi connectivity index (χ4v) is 1.87. The van der Waals surface area contributed by atoms with Crippen molar-refractivity contribution in [3.63, 3.8) is 0 Å². The van der Waals surface area contributed by atoms with Gasteiger partial charge in [-0.3, -0.25) is 4.99 Å². The van der Waals surface area contributed by atoms with Crippen molar-refractivity contribution in [1.82, 2.24) is 19.7 Å². The number of H-pyrrole nitrogens is 1. The van der Waals surface area contributed by atoms with E-state index in [1.807, 2.05) is 24.3 Å². The number of aromatic amines is 1. The molecule has 0 unspecified atom stereocenters. The molecule has 2 N–H and O–H groups in total. The molecule has 0 aliphatic carbocycles. The van der Waals surface area contributed by atoms with Gasteiger partial charge < -0.3 is 14.9 Å². The number of nitrogens with one attached hydrogen (secondary N) is 1. The predicted octanol–water partition coefficient (Wildman–Crippen LogP) is 1.11. The van der Waals surface area contributed by atoms with Crippen LogP contribution in [0.15, 0.2) is 41.9 Å². The van der Waals surface area contributed by atoms with Gasteiger partial charge in [-0.05, 0) is 17.7 Å². The predicted molar refractivity (Wildman–Crippen MR) is 71.3 cm³/mol. The Morgan fingerprint density at radius 3 is 2.85 bits per heavy atom. The van der Waals surface area contributed by atoms with Crippen LogP contribution in [0.5, 0.6) is 5.75 Å². The van der Waals surface area contributed by atoms with Gasteiger partial charge in [-0.1, -0.05) is 12.1 Å². The average molecular weight is 271 g/mol. The molecule has 0 saturated carbocycles. The molecule has 0 spiro atoms. The first-order chi connectivity index (χ1) is 9.78. The van der Waals surface area contributed by atoms with Gasteiger partial charge in [0.25, 0.3) is 0 Å². The second kappa shape index (κ2) is 5.04. The smallest absolute Gasteiger partial charge is 0.198 e. The number of rotatable bonds is 3. The van der Waals surface area contributed by atoms with Crippen LogP contribution < -0.4 is 10.2 Å². The van der Waals surface area contributed by atoms with Gasteiger partial charge in [0.15, 0.2) is 11.1 Å². The summed E-state index contributed by atoms with van der Waals surface area (Å²) in [5.41, 5.74) is 2.55. The molecule has 3 rings (SSSR count). The number of nitrogens with zero attached hydrogens (tertiary/aromatic N) is 4. The minimum atomic E-state index is 0.397. The summed E-state index contributed by atoms with van der Waals surface area (Å²) in [5, 5.41) is 9.54. The third-order valence-electron chi connectivity index (χ3n) is 2.92. The molecule has 0 radical (unpaired) electrons. The molecule has 2 heterocycles. The highest BCUT2D eigenvalue weighted by atomic mass is 16.5. The van der Waals surface area contributed by atoms with E-state index in [2.05, 4.69) is 19.9 Å². The van der Waals surface area contributed by atoms with E-state index >= 15 is 0 Å². The Bertz CT molecular complexity index is 788. The van der Waals surface area contributed by atoms with E-state index in [0.29, 0.717) is 23.2 Å². The molecule has 0 bridgehead atoms. The summed E-state index contributed by atoms with van der Waals surface area (Å²) in [7, 11) is 1.63. The first-order valence-electron chi connectivity index (χ1n) is 6.01. The second-order valence-corrected chi connectivity index (χ2v) is 4.18. The summed E-state index contributed by atoms with van der Waals surface area (Å²) in [5.74, 6) is 0.809. The molecule has 20 heavy (non-hydrogen) atoms. The van der Waals surface area contributed by atoms with E-state index < -0.39 is 0 Å². The zero-order valence-corrected chi connectivity index (χ0v) is 10.8. The average Bonchev–Trinajstić information content (AvgIpc) is 2.98. The van der Waals surface area contributed by atoms with Crippen molar-refractivity contribution in [2.45, 2.75) is 6.54 Å². The molecule has 3 aromatic rings. The van der Waals surface area contributed by atoms with Gasteiger partial charge in [0, 0.05) is 0 Å². The molecule has 0 saturated heterocycles. The largest absolute Gasteiger partial charge is 0.497 e. The molecule has 1 aromatic carbocycles. The summed E-state index contributed by atoms with van der Waals surface area (Å²) < 4.78 is 5.96. The van der Waals surface area contributed by atoms with Crippen molar-refractivity contribution in [3.8, 4) is 5.75 Å². The van der Waals surface area contributed by atoms with Crippen LogP contribution in [0.1, 0.15) is 5.56 Å². The van der Waals surface area contributed by atoms with E-state index in [1.54, 1.807) is 7.11 Å². The molecule has 7 nitrogen and oxygen atoms in total. The highest BCUT2D eigenvalue weighted by Gasteiger charge is 2.03. The van der Waals surface area contributed by atoms with Crippen molar-refractivity contribution in [3.05, 3.63) is 48.0 Å². The number of hydrogen-bond acceptors (Lipinski definition) is 5. The first kappa shape index (κ1) is 12.2. The minimum Gasteiger partial charge on any atom is -0.497 e. The van der Waals surface area contributed by atoms with Crippen molar-refractivity contribution in [2.24, 2.45) is 4.99 Å². The van der Waals surface area contributed by atoms with Crippen molar-refractivity contribution >= 4 is 11.2 Å². The third-order valence-corrected chi connectivity index (χ3v) is 2.92. The topological polar surface area (TPSA) is 88.3 Å². The van der Waals surface area contributed by atoms with Gasteiger partial charge >= 0.3 is 0 Å². The first-order valence-corrected chi connectivity index (χ1v) is 6.01. The van der Waals surface area contributed by atoms with Crippen LogP contribution >= 0.6 is 0 Å². The lowest BCUT2D eigenvalue weighted by Crippen LogP contribution is -2.13. The molecular weight excluding hydrogens is 258 g/mol. The maximum atomic E-state index is 9.54. The SMILES string of the molecule is COc1ccc(CN=c2ncn(O)c3nc[nH]c23)cc1. The fourth-order valence-electron chi connectivity index (χ4n) is 1.87. The molecule has 0 amide bonds. The molecule has 102 valence electrons. The van der Waals surface area contributed by atoms with Crippen LogP contribution in [0, 0.1) is 0 Å². The number of ether oxygens (including phenoxy) is 1. The van der Waals surface area contributed by atoms with Gasteiger partial charge in [-0.25, -0.2) is 9.97 Å². The molecule has 7 heteroatoms. The van der Waals surface area contributed by atoms with Crippen LogP contribution in [-0.4, -0.2) is 32.0 Å². The van der Waals surface area contributed by atoms with Crippen LogP contribution in [0.25, 0.3) is 11.2 Å². The van der Waals surface area contributed by atoms with Crippen molar-refractivity contribution in [1.29, 1.82) is 0 Å².